The number of nitrogens with one attached hydrogen (secondary N) is 2. The molecule has 1 fully saturated rings. The number of primary amides is 2. The summed E-state index contributed by atoms with van der Waals surface area (Å²) >= 11 is 7.69. The first-order valence-corrected chi connectivity index (χ1v) is 13.2. The van der Waals surface area contributed by atoms with Gasteiger partial charge in [0.05, 0.1) is 5.56 Å². The lowest BCUT2D eigenvalue weighted by atomic mass is 10.0. The van der Waals surface area contributed by atoms with Crippen LogP contribution in [-0.4, -0.2) is 36.6 Å². The number of halogens is 1. The van der Waals surface area contributed by atoms with Crippen molar-refractivity contribution < 1.29 is 19.1 Å². The van der Waals surface area contributed by atoms with E-state index in [0.29, 0.717) is 34.3 Å². The quantitative estimate of drug-likeness (QED) is 0.296. The van der Waals surface area contributed by atoms with Crippen LogP contribution < -0.4 is 22.1 Å². The Bertz CT molecular complexity index is 1130. The molecule has 0 saturated heterocycles. The number of benzene rings is 1. The van der Waals surface area contributed by atoms with Gasteiger partial charge in [-0.25, -0.2) is 4.79 Å². The second-order valence-electron chi connectivity index (χ2n) is 9.28. The summed E-state index contributed by atoms with van der Waals surface area (Å²) < 4.78 is 5.71. The standard InChI is InChI=1S/C26H33ClN4O4S/c1-15(2)12-21(25(33)35-17-7-3-4-8-17)30-11-5-6-16-9-10-18(20(27)13-16)22-14-19(23(28)32)24(36-22)31-26(29)34/h5-6,9-10,13-15,17,21,30H,3-4,7-8,11-12H2,1-2H3,(H2,28,32)(H3,29,31,34)/b6-5+/t21-/m1/s1. The molecule has 1 aromatic carbocycles. The fraction of sp³-hybridized carbons (Fsp3) is 0.423. The van der Waals surface area contributed by atoms with Gasteiger partial charge in [-0.2, -0.15) is 0 Å². The van der Waals surface area contributed by atoms with Crippen LogP contribution in [0, 0.1) is 5.92 Å². The highest BCUT2D eigenvalue weighted by Gasteiger charge is 2.25. The van der Waals surface area contributed by atoms with Gasteiger partial charge in [0.15, 0.2) is 0 Å². The van der Waals surface area contributed by atoms with E-state index in [2.05, 4.69) is 24.5 Å². The summed E-state index contributed by atoms with van der Waals surface area (Å²) in [5.41, 5.74) is 12.3. The molecule has 6 N–H and O–H groups in total. The number of thiophene rings is 1. The van der Waals surface area contributed by atoms with Crippen LogP contribution in [0.15, 0.2) is 30.3 Å². The van der Waals surface area contributed by atoms with E-state index in [1.165, 1.54) is 0 Å². The van der Waals surface area contributed by atoms with E-state index >= 15 is 0 Å². The smallest absolute Gasteiger partial charge is 0.323 e. The van der Waals surface area contributed by atoms with Crippen molar-refractivity contribution in [3.05, 3.63) is 46.5 Å². The Kier molecular flexibility index (Phi) is 9.92. The second kappa shape index (κ2) is 12.9. The Labute approximate surface area is 220 Å². The van der Waals surface area contributed by atoms with Crippen LogP contribution in [0.2, 0.25) is 5.02 Å². The molecular weight excluding hydrogens is 500 g/mol. The molecule has 1 atom stereocenters. The number of anilines is 1. The zero-order valence-corrected chi connectivity index (χ0v) is 22.1. The Morgan fingerprint density at radius 1 is 1.19 bits per heavy atom. The van der Waals surface area contributed by atoms with Crippen molar-refractivity contribution >= 4 is 51.9 Å². The lowest BCUT2D eigenvalue weighted by Gasteiger charge is -2.21. The Balaban J connectivity index is 1.64. The number of ether oxygens (including phenoxy) is 1. The second-order valence-corrected chi connectivity index (χ2v) is 10.7. The number of esters is 1. The van der Waals surface area contributed by atoms with Gasteiger partial charge < -0.3 is 21.5 Å². The number of rotatable bonds is 11. The van der Waals surface area contributed by atoms with Gasteiger partial charge in [-0.3, -0.25) is 14.9 Å². The third-order valence-corrected chi connectivity index (χ3v) is 7.26. The van der Waals surface area contributed by atoms with E-state index in [-0.39, 0.29) is 28.7 Å². The summed E-state index contributed by atoms with van der Waals surface area (Å²) in [7, 11) is 0. The molecule has 1 aromatic heterocycles. The summed E-state index contributed by atoms with van der Waals surface area (Å²) in [5.74, 6) is -0.486. The molecule has 10 heteroatoms. The van der Waals surface area contributed by atoms with E-state index in [4.69, 9.17) is 27.8 Å². The fourth-order valence-corrected chi connectivity index (χ4v) is 5.59. The molecule has 0 radical (unpaired) electrons. The maximum absolute atomic E-state index is 12.7. The van der Waals surface area contributed by atoms with Crippen LogP contribution >= 0.6 is 22.9 Å². The molecule has 194 valence electrons. The van der Waals surface area contributed by atoms with Crippen LogP contribution in [-0.2, 0) is 9.53 Å². The van der Waals surface area contributed by atoms with E-state index in [9.17, 15) is 14.4 Å². The largest absolute Gasteiger partial charge is 0.461 e. The van der Waals surface area contributed by atoms with Crippen molar-refractivity contribution in [1.82, 2.24) is 5.32 Å². The minimum Gasteiger partial charge on any atom is -0.461 e. The highest BCUT2D eigenvalue weighted by Crippen LogP contribution is 2.39. The Hall–Kier alpha value is -2.88. The van der Waals surface area contributed by atoms with Crippen LogP contribution in [0.5, 0.6) is 0 Å². The first kappa shape index (κ1) is 27.7. The van der Waals surface area contributed by atoms with Crippen LogP contribution in [0.25, 0.3) is 16.5 Å². The molecular formula is C26H33ClN4O4S. The van der Waals surface area contributed by atoms with Gasteiger partial charge in [0.1, 0.15) is 17.1 Å². The summed E-state index contributed by atoms with van der Waals surface area (Å²) in [4.78, 5) is 36.3. The molecule has 0 unspecified atom stereocenters. The molecule has 1 aliphatic carbocycles. The maximum atomic E-state index is 12.7. The van der Waals surface area contributed by atoms with Gasteiger partial charge >= 0.3 is 12.0 Å². The van der Waals surface area contributed by atoms with Crippen molar-refractivity contribution in [2.45, 2.75) is 58.1 Å². The minimum absolute atomic E-state index is 0.0511. The molecule has 3 amide bonds. The third-order valence-electron chi connectivity index (χ3n) is 5.86. The van der Waals surface area contributed by atoms with Gasteiger partial charge in [-0.1, -0.05) is 49.7 Å². The maximum Gasteiger partial charge on any atom is 0.323 e. The van der Waals surface area contributed by atoms with Gasteiger partial charge in [0.2, 0.25) is 0 Å². The summed E-state index contributed by atoms with van der Waals surface area (Å²) in [6.45, 7) is 4.68. The van der Waals surface area contributed by atoms with Crippen LogP contribution in [0.3, 0.4) is 0 Å². The predicted octanol–water partition coefficient (Wildman–Crippen LogP) is 5.16. The van der Waals surface area contributed by atoms with Crippen molar-refractivity contribution in [2.24, 2.45) is 17.4 Å². The van der Waals surface area contributed by atoms with Crippen LogP contribution in [0.1, 0.15) is 61.9 Å². The molecule has 0 aliphatic heterocycles. The van der Waals surface area contributed by atoms with Crippen molar-refractivity contribution in [3.8, 4) is 10.4 Å². The zero-order valence-electron chi connectivity index (χ0n) is 20.5. The Morgan fingerprint density at radius 2 is 1.92 bits per heavy atom. The average Bonchev–Trinajstić information content (AvgIpc) is 3.45. The van der Waals surface area contributed by atoms with Crippen LogP contribution in [0.4, 0.5) is 9.80 Å². The van der Waals surface area contributed by atoms with E-state index < -0.39 is 11.9 Å². The number of hydrogen-bond acceptors (Lipinski definition) is 6. The summed E-state index contributed by atoms with van der Waals surface area (Å²) in [6, 6.07) is 5.98. The van der Waals surface area contributed by atoms with Gasteiger partial charge in [0.25, 0.3) is 5.91 Å². The summed E-state index contributed by atoms with van der Waals surface area (Å²) in [6.07, 6.45) is 8.76. The minimum atomic E-state index is -0.784. The molecule has 8 nitrogen and oxygen atoms in total. The number of hydrogen-bond donors (Lipinski definition) is 4. The fourth-order valence-electron chi connectivity index (χ4n) is 4.14. The number of amides is 3. The van der Waals surface area contributed by atoms with E-state index in [1.54, 1.807) is 12.1 Å². The predicted molar refractivity (Wildman–Crippen MR) is 145 cm³/mol. The molecule has 3 rings (SSSR count). The molecule has 2 aromatic rings. The molecule has 1 aliphatic rings. The number of carbonyl (C=O) groups excluding carboxylic acids is 3. The van der Waals surface area contributed by atoms with Crippen molar-refractivity contribution in [3.63, 3.8) is 0 Å². The molecule has 1 heterocycles. The lowest BCUT2D eigenvalue weighted by Crippen LogP contribution is -2.40. The van der Waals surface area contributed by atoms with E-state index in [1.807, 2.05) is 24.3 Å². The molecule has 36 heavy (non-hydrogen) atoms. The number of urea groups is 1. The van der Waals surface area contributed by atoms with Gasteiger partial charge in [0, 0.05) is 22.0 Å². The number of carbonyl (C=O) groups is 3. The average molecular weight is 533 g/mol. The lowest BCUT2D eigenvalue weighted by molar-refractivity contribution is -0.151. The monoisotopic (exact) mass is 532 g/mol. The summed E-state index contributed by atoms with van der Waals surface area (Å²) in [5, 5.41) is 6.48. The highest BCUT2D eigenvalue weighted by atomic mass is 35.5. The number of nitrogens with two attached hydrogens (primary N) is 2. The van der Waals surface area contributed by atoms with Gasteiger partial charge in [-0.15, -0.1) is 11.3 Å². The molecule has 0 bridgehead atoms. The normalized spacial score (nSPS) is 14.9. The first-order chi connectivity index (χ1) is 17.1. The third kappa shape index (κ3) is 7.81. The first-order valence-electron chi connectivity index (χ1n) is 12.0. The van der Waals surface area contributed by atoms with Crippen molar-refractivity contribution in [2.75, 3.05) is 11.9 Å². The Morgan fingerprint density at radius 3 is 2.53 bits per heavy atom. The van der Waals surface area contributed by atoms with Gasteiger partial charge in [-0.05, 0) is 55.7 Å². The molecule has 1 saturated carbocycles. The van der Waals surface area contributed by atoms with E-state index in [0.717, 1.165) is 42.6 Å². The SMILES string of the molecule is CC(C)C[C@@H](NC/C=C/c1ccc(-c2cc(C(N)=O)c(NC(N)=O)s2)c(Cl)c1)C(=O)OC1CCCC1. The van der Waals surface area contributed by atoms with Crippen molar-refractivity contribution in [1.29, 1.82) is 0 Å². The zero-order chi connectivity index (χ0) is 26.2. The topological polar surface area (TPSA) is 137 Å². The highest BCUT2D eigenvalue weighted by molar-refractivity contribution is 7.20. The molecule has 0 spiro atoms.